The Hall–Kier alpha value is -0.221. The molecular formula is C20H33ClN2Sn. The third kappa shape index (κ3) is 4.30. The molecule has 0 N–H and O–H groups in total. The Morgan fingerprint density at radius 1 is 1.00 bits per heavy atom. The van der Waals surface area contributed by atoms with Crippen LogP contribution in [-0.4, -0.2) is 27.9 Å². The van der Waals surface area contributed by atoms with Gasteiger partial charge >= 0.3 is 157 Å². The van der Waals surface area contributed by atoms with Gasteiger partial charge in [0.1, 0.15) is 0 Å². The van der Waals surface area contributed by atoms with Crippen molar-refractivity contribution in [3.8, 4) is 0 Å². The minimum absolute atomic E-state index is 0.850. The summed E-state index contributed by atoms with van der Waals surface area (Å²) in [6, 6.07) is 4.34. The van der Waals surface area contributed by atoms with Crippen LogP contribution in [0, 0.1) is 0 Å². The third-order valence-corrected chi connectivity index (χ3v) is 21.5. The number of aryl methyl sites for hydroxylation is 1. The van der Waals surface area contributed by atoms with E-state index in [4.69, 9.17) is 11.6 Å². The second-order valence-electron chi connectivity index (χ2n) is 7.21. The van der Waals surface area contributed by atoms with Gasteiger partial charge in [0.2, 0.25) is 0 Å². The van der Waals surface area contributed by atoms with Crippen molar-refractivity contribution in [2.45, 2.75) is 72.6 Å². The number of rotatable bonds is 10. The summed E-state index contributed by atoms with van der Waals surface area (Å²) in [6.45, 7) is 6.99. The molecule has 0 amide bonds. The summed E-state index contributed by atoms with van der Waals surface area (Å²) in [6.07, 6.45) is 9.90. The van der Waals surface area contributed by atoms with Crippen molar-refractivity contribution in [2.24, 2.45) is 7.05 Å². The zero-order valence-corrected chi connectivity index (χ0v) is 19.5. The van der Waals surface area contributed by atoms with Crippen molar-refractivity contribution < 1.29 is 0 Å². The molecule has 0 radical (unpaired) electrons. The maximum atomic E-state index is 6.48. The first-order valence-corrected chi connectivity index (χ1v) is 17.6. The van der Waals surface area contributed by atoms with E-state index in [1.54, 1.807) is 3.71 Å². The Balaban J connectivity index is 2.54. The van der Waals surface area contributed by atoms with E-state index in [1.807, 2.05) is 12.3 Å². The van der Waals surface area contributed by atoms with E-state index in [9.17, 15) is 0 Å². The van der Waals surface area contributed by atoms with Gasteiger partial charge in [-0.1, -0.05) is 0 Å². The van der Waals surface area contributed by atoms with Crippen LogP contribution in [0.3, 0.4) is 0 Å². The van der Waals surface area contributed by atoms with Crippen molar-refractivity contribution >= 4 is 44.7 Å². The number of fused-ring (bicyclic) bond motifs is 1. The van der Waals surface area contributed by atoms with E-state index in [0.29, 0.717) is 0 Å². The molecule has 134 valence electrons. The molecule has 2 heterocycles. The first-order valence-electron chi connectivity index (χ1n) is 9.70. The summed E-state index contributed by atoms with van der Waals surface area (Å²) in [5.41, 5.74) is 1.07. The van der Waals surface area contributed by atoms with Crippen LogP contribution in [0.25, 0.3) is 11.0 Å². The van der Waals surface area contributed by atoms with Gasteiger partial charge in [-0.2, -0.15) is 0 Å². The normalized spacial score (nSPS) is 12.2. The van der Waals surface area contributed by atoms with Crippen LogP contribution in [0.4, 0.5) is 0 Å². The maximum absolute atomic E-state index is 6.48. The molecule has 0 aliphatic carbocycles. The van der Waals surface area contributed by atoms with Gasteiger partial charge in [0.15, 0.2) is 0 Å². The Bertz CT molecular complexity index is 629. The number of aromatic nitrogens is 2. The summed E-state index contributed by atoms with van der Waals surface area (Å²) in [4.78, 5) is 4.63. The van der Waals surface area contributed by atoms with Crippen molar-refractivity contribution in [3.05, 3.63) is 23.4 Å². The van der Waals surface area contributed by atoms with Gasteiger partial charge in [-0.25, -0.2) is 0 Å². The summed E-state index contributed by atoms with van der Waals surface area (Å²) >= 11 is 4.04. The van der Waals surface area contributed by atoms with Crippen LogP contribution in [-0.2, 0) is 7.05 Å². The molecular weight excluding hydrogens is 422 g/mol. The average Bonchev–Trinajstić information content (AvgIpc) is 2.94. The van der Waals surface area contributed by atoms with Crippen molar-refractivity contribution in [1.82, 2.24) is 9.55 Å². The minimum atomic E-state index is -2.43. The second-order valence-corrected chi connectivity index (χ2v) is 20.7. The molecule has 0 fully saturated rings. The summed E-state index contributed by atoms with van der Waals surface area (Å²) < 4.78 is 8.49. The van der Waals surface area contributed by atoms with Gasteiger partial charge in [0, 0.05) is 0 Å². The van der Waals surface area contributed by atoms with Crippen LogP contribution in [0.1, 0.15) is 59.3 Å². The molecule has 2 aromatic heterocycles. The standard InChI is InChI=1S/C8H6ClN2.3C4H9.Sn/c1-11-5-3-6-7(9)2-4-10-8(6)11;3*1-3-4-2;/h2-4H,1H3;3*1,3-4H2,2H3;. The van der Waals surface area contributed by atoms with Gasteiger partial charge in [-0.3, -0.25) is 0 Å². The zero-order valence-electron chi connectivity index (χ0n) is 15.9. The van der Waals surface area contributed by atoms with E-state index >= 15 is 0 Å². The average molecular weight is 456 g/mol. The Labute approximate surface area is 156 Å². The first-order chi connectivity index (χ1) is 11.6. The van der Waals surface area contributed by atoms with E-state index in [-0.39, 0.29) is 0 Å². The molecule has 0 aliphatic rings. The van der Waals surface area contributed by atoms with E-state index in [1.165, 1.54) is 51.8 Å². The van der Waals surface area contributed by atoms with Gasteiger partial charge in [-0.15, -0.1) is 0 Å². The molecule has 2 rings (SSSR count). The van der Waals surface area contributed by atoms with Gasteiger partial charge in [0.25, 0.3) is 0 Å². The number of unbranched alkanes of at least 4 members (excludes halogenated alkanes) is 3. The predicted octanol–water partition coefficient (Wildman–Crippen LogP) is 6.28. The van der Waals surface area contributed by atoms with Crippen LogP contribution >= 0.6 is 11.6 Å². The fraction of sp³-hybridized carbons (Fsp3) is 0.650. The summed E-state index contributed by atoms with van der Waals surface area (Å²) in [5, 5.41) is 2.01. The molecule has 4 heteroatoms. The zero-order chi connectivity index (χ0) is 17.6. The van der Waals surface area contributed by atoms with E-state index < -0.39 is 18.4 Å². The van der Waals surface area contributed by atoms with Gasteiger partial charge < -0.3 is 0 Å². The van der Waals surface area contributed by atoms with Crippen molar-refractivity contribution in [3.63, 3.8) is 0 Å². The van der Waals surface area contributed by atoms with Crippen LogP contribution in [0.2, 0.25) is 18.3 Å². The number of hydrogen-bond acceptors (Lipinski definition) is 1. The molecule has 0 aliphatic heterocycles. The van der Waals surface area contributed by atoms with Crippen molar-refractivity contribution in [2.75, 3.05) is 0 Å². The second kappa shape index (κ2) is 9.47. The fourth-order valence-electron chi connectivity index (χ4n) is 4.00. The predicted molar refractivity (Wildman–Crippen MR) is 110 cm³/mol. The molecule has 24 heavy (non-hydrogen) atoms. The van der Waals surface area contributed by atoms with Gasteiger partial charge in [0.05, 0.1) is 0 Å². The Kier molecular flexibility index (Phi) is 7.93. The molecule has 0 spiro atoms. The molecule has 2 nitrogen and oxygen atoms in total. The quantitative estimate of drug-likeness (QED) is 0.385. The van der Waals surface area contributed by atoms with E-state index in [2.05, 4.69) is 43.4 Å². The molecule has 2 aromatic rings. The van der Waals surface area contributed by atoms with Crippen molar-refractivity contribution in [1.29, 1.82) is 0 Å². The van der Waals surface area contributed by atoms with E-state index in [0.717, 1.165) is 16.1 Å². The topological polar surface area (TPSA) is 17.8 Å². The molecule has 0 unspecified atom stereocenters. The van der Waals surface area contributed by atoms with Crippen LogP contribution < -0.4 is 3.71 Å². The summed E-state index contributed by atoms with van der Waals surface area (Å²) in [7, 11) is 2.22. The molecule has 0 aromatic carbocycles. The van der Waals surface area contributed by atoms with Crippen LogP contribution in [0.15, 0.2) is 18.3 Å². The molecule has 0 bridgehead atoms. The molecule has 0 saturated carbocycles. The van der Waals surface area contributed by atoms with Crippen LogP contribution in [0.5, 0.6) is 0 Å². The number of nitrogens with zero attached hydrogens (tertiary/aromatic N) is 2. The molecule has 0 saturated heterocycles. The molecule has 0 atom stereocenters. The first kappa shape index (κ1) is 20.1. The fourth-order valence-corrected chi connectivity index (χ4v) is 21.0. The Morgan fingerprint density at radius 3 is 2.00 bits per heavy atom. The number of hydrogen-bond donors (Lipinski definition) is 0. The summed E-state index contributed by atoms with van der Waals surface area (Å²) in [5.74, 6) is 0. The number of pyridine rings is 1. The number of halogens is 1. The third-order valence-electron chi connectivity index (χ3n) is 5.45. The Morgan fingerprint density at radius 2 is 1.54 bits per heavy atom. The monoisotopic (exact) mass is 456 g/mol. The SMILES string of the molecule is CCC[CH2][Sn]([CH2]CCC)([CH2]CCC)[c]1cc2c(Cl)ccnc2n1C. The van der Waals surface area contributed by atoms with Gasteiger partial charge in [-0.05, 0) is 0 Å².